The maximum absolute atomic E-state index is 11.5. The van der Waals surface area contributed by atoms with E-state index in [1.54, 1.807) is 0 Å². The standard InChI is InChI=1S/C43H64O12/c1-20-14-25(48-29(23(20)4)16-31-35(44)24(5)36-32(49-31)17-30-34(52-36)19-45-42(6,7)53-30)9-11-27-21(2)15-26(47-27)12-13-43-18-33-38(54-43)39-40(51-33)41(55-43)37-28(50-39)10-8-22(3)46-37/h20,22,24-41,44H,2,4,8-19H2,1,3,5-7H3/t20-,22+,24-,25+,26+,27+,28+,29?,30-,31+,32+,33-,34-,35-,36+,37+,38-,39?,40-,41?,43+/m1/s1. The van der Waals surface area contributed by atoms with E-state index in [1.165, 1.54) is 0 Å². The van der Waals surface area contributed by atoms with Crippen molar-refractivity contribution >= 4 is 0 Å². The molecule has 308 valence electrons. The van der Waals surface area contributed by atoms with E-state index in [0.29, 0.717) is 18.9 Å². The number of hydrogen-bond donors (Lipinski definition) is 1. The van der Waals surface area contributed by atoms with Gasteiger partial charge in [0.15, 0.2) is 11.6 Å². The lowest BCUT2D eigenvalue weighted by Gasteiger charge is -2.53. The zero-order valence-corrected chi connectivity index (χ0v) is 33.4. The van der Waals surface area contributed by atoms with E-state index in [-0.39, 0.29) is 110 Å². The van der Waals surface area contributed by atoms with Crippen molar-refractivity contribution in [2.75, 3.05) is 6.61 Å². The Hall–Kier alpha value is -1.00. The second-order valence-electron chi connectivity index (χ2n) is 19.3. The van der Waals surface area contributed by atoms with Gasteiger partial charge in [-0.2, -0.15) is 0 Å². The van der Waals surface area contributed by atoms with Crippen molar-refractivity contribution in [1.29, 1.82) is 0 Å². The van der Waals surface area contributed by atoms with E-state index < -0.39 is 17.7 Å². The van der Waals surface area contributed by atoms with Gasteiger partial charge in [0.05, 0.1) is 79.9 Å². The fraction of sp³-hybridized carbons (Fsp3) is 0.907. The van der Waals surface area contributed by atoms with Gasteiger partial charge in [0.1, 0.15) is 36.6 Å². The Labute approximate surface area is 326 Å². The molecule has 55 heavy (non-hydrogen) atoms. The lowest BCUT2D eigenvalue weighted by atomic mass is 9.79. The highest BCUT2D eigenvalue weighted by molar-refractivity contribution is 5.15. The minimum atomic E-state index is -0.700. The van der Waals surface area contributed by atoms with Gasteiger partial charge in [0.2, 0.25) is 0 Å². The van der Waals surface area contributed by atoms with E-state index in [9.17, 15) is 5.11 Å². The van der Waals surface area contributed by atoms with Crippen molar-refractivity contribution in [3.8, 4) is 0 Å². The monoisotopic (exact) mass is 772 g/mol. The summed E-state index contributed by atoms with van der Waals surface area (Å²) in [5.41, 5.74) is 2.23. The SMILES string of the molecule is C=C1C(C[C@@H]2O[C@H]3C[C@H]4OC(C)(C)OC[C@H]4O[C@H]3[C@H](C)[C@H]2O)O[C@@H](CC[C@@H]2O[C@@H](CC[C@@]34C[C@H]5O[C@H]6C(O3)[C@H]3O[C@@H](C)CC[C@@H]3OC6[C@@H]5O4)CC2=C)C[C@H]1C. The average Bonchev–Trinajstić information content (AvgIpc) is 3.73. The molecule has 12 heteroatoms. The fourth-order valence-corrected chi connectivity index (χ4v) is 11.8. The first-order chi connectivity index (χ1) is 26.3. The Morgan fingerprint density at radius 3 is 2.29 bits per heavy atom. The van der Waals surface area contributed by atoms with Gasteiger partial charge in [-0.25, -0.2) is 0 Å². The molecule has 3 unspecified atom stereocenters. The third-order valence-electron chi connectivity index (χ3n) is 14.9. The summed E-state index contributed by atoms with van der Waals surface area (Å²) < 4.78 is 71.8. The molecule has 1 N–H and O–H groups in total. The van der Waals surface area contributed by atoms with Gasteiger partial charge in [0.25, 0.3) is 0 Å². The van der Waals surface area contributed by atoms with Crippen LogP contribution in [0.4, 0.5) is 0 Å². The Bertz CT molecular complexity index is 1470. The maximum Gasteiger partial charge on any atom is 0.172 e. The van der Waals surface area contributed by atoms with Crippen LogP contribution in [0.5, 0.6) is 0 Å². The van der Waals surface area contributed by atoms with E-state index in [0.717, 1.165) is 75.4 Å². The molecule has 6 bridgehead atoms. The molecule has 0 spiro atoms. The van der Waals surface area contributed by atoms with Gasteiger partial charge in [-0.05, 0) is 82.8 Å². The summed E-state index contributed by atoms with van der Waals surface area (Å²) >= 11 is 0. The zero-order valence-electron chi connectivity index (χ0n) is 33.4. The molecule has 11 aliphatic heterocycles. The van der Waals surface area contributed by atoms with Crippen molar-refractivity contribution in [2.45, 2.75) is 227 Å². The Balaban J connectivity index is 0.727. The first kappa shape index (κ1) is 38.2. The summed E-state index contributed by atoms with van der Waals surface area (Å²) in [6.07, 6.45) is 6.92. The molecule has 11 rings (SSSR count). The van der Waals surface area contributed by atoms with Crippen LogP contribution in [0.2, 0.25) is 0 Å². The largest absolute Gasteiger partial charge is 0.390 e. The average molecular weight is 773 g/mol. The number of hydrogen-bond acceptors (Lipinski definition) is 12. The van der Waals surface area contributed by atoms with Crippen LogP contribution in [0.1, 0.15) is 105 Å². The molecule has 11 heterocycles. The molecule has 11 aliphatic rings. The number of aliphatic hydroxyl groups is 1. The van der Waals surface area contributed by atoms with Crippen LogP contribution in [0.25, 0.3) is 0 Å². The molecule has 0 aromatic rings. The highest BCUT2D eigenvalue weighted by Gasteiger charge is 2.68. The van der Waals surface area contributed by atoms with Crippen LogP contribution in [0, 0.1) is 11.8 Å². The molecule has 0 amide bonds. The number of ether oxygens (including phenoxy) is 11. The van der Waals surface area contributed by atoms with Gasteiger partial charge < -0.3 is 57.2 Å². The smallest absolute Gasteiger partial charge is 0.172 e. The van der Waals surface area contributed by atoms with Gasteiger partial charge in [-0.1, -0.05) is 27.0 Å². The summed E-state index contributed by atoms with van der Waals surface area (Å²) in [4.78, 5) is 0. The summed E-state index contributed by atoms with van der Waals surface area (Å²) in [5, 5.41) is 11.5. The molecule has 0 aromatic carbocycles. The molecular weight excluding hydrogens is 708 g/mol. The number of fused-ring (bicyclic) bond motifs is 3. The minimum Gasteiger partial charge on any atom is -0.390 e. The third-order valence-corrected chi connectivity index (χ3v) is 14.9. The highest BCUT2D eigenvalue weighted by Crippen LogP contribution is 2.54. The van der Waals surface area contributed by atoms with Gasteiger partial charge in [0, 0.05) is 31.6 Å². The second kappa shape index (κ2) is 14.3. The first-order valence-corrected chi connectivity index (χ1v) is 21.6. The van der Waals surface area contributed by atoms with E-state index >= 15 is 0 Å². The van der Waals surface area contributed by atoms with Crippen molar-refractivity contribution in [2.24, 2.45) is 11.8 Å². The molecule has 11 saturated heterocycles. The molecule has 0 radical (unpaired) electrons. The quantitative estimate of drug-likeness (QED) is 0.332. The predicted molar refractivity (Wildman–Crippen MR) is 197 cm³/mol. The van der Waals surface area contributed by atoms with Gasteiger partial charge in [-0.15, -0.1) is 0 Å². The van der Waals surface area contributed by atoms with Crippen molar-refractivity contribution < 1.29 is 57.2 Å². The highest BCUT2D eigenvalue weighted by atomic mass is 16.8. The fourth-order valence-electron chi connectivity index (χ4n) is 11.8. The van der Waals surface area contributed by atoms with E-state index in [1.807, 2.05) is 13.8 Å². The van der Waals surface area contributed by atoms with Crippen LogP contribution in [0.15, 0.2) is 24.3 Å². The molecule has 21 atom stereocenters. The zero-order chi connectivity index (χ0) is 38.0. The second-order valence-corrected chi connectivity index (χ2v) is 19.3. The topological polar surface area (TPSA) is 122 Å². The normalized spacial score (nSPS) is 55.2. The Morgan fingerprint density at radius 2 is 1.44 bits per heavy atom. The van der Waals surface area contributed by atoms with Crippen LogP contribution >= 0.6 is 0 Å². The van der Waals surface area contributed by atoms with Crippen LogP contribution < -0.4 is 0 Å². The summed E-state index contributed by atoms with van der Waals surface area (Å²) in [6, 6.07) is 0. The first-order valence-electron chi connectivity index (χ1n) is 21.6. The summed E-state index contributed by atoms with van der Waals surface area (Å²) in [6.45, 7) is 19.7. The van der Waals surface area contributed by atoms with Crippen LogP contribution in [-0.4, -0.2) is 133 Å². The molecular formula is C43H64O12. The summed E-state index contributed by atoms with van der Waals surface area (Å²) in [7, 11) is 0. The maximum atomic E-state index is 11.5. The Morgan fingerprint density at radius 1 is 0.673 bits per heavy atom. The van der Waals surface area contributed by atoms with Crippen molar-refractivity contribution in [3.63, 3.8) is 0 Å². The molecule has 0 aromatic heterocycles. The number of rotatable bonds is 8. The lowest BCUT2D eigenvalue weighted by molar-refractivity contribution is -0.355. The van der Waals surface area contributed by atoms with E-state index in [2.05, 4.69) is 33.9 Å². The van der Waals surface area contributed by atoms with Gasteiger partial charge in [-0.3, -0.25) is 0 Å². The molecule has 0 saturated carbocycles. The van der Waals surface area contributed by atoms with E-state index in [4.69, 9.17) is 52.1 Å². The molecule has 0 aliphatic carbocycles. The third kappa shape index (κ3) is 6.93. The summed E-state index contributed by atoms with van der Waals surface area (Å²) in [5.74, 6) is -1.13. The lowest BCUT2D eigenvalue weighted by Crippen LogP contribution is -2.63. The molecule has 11 fully saturated rings. The number of aliphatic hydroxyl groups excluding tert-OH is 1. The van der Waals surface area contributed by atoms with Crippen molar-refractivity contribution in [3.05, 3.63) is 24.3 Å². The minimum absolute atomic E-state index is 0.000744. The van der Waals surface area contributed by atoms with Crippen LogP contribution in [0.3, 0.4) is 0 Å². The van der Waals surface area contributed by atoms with Gasteiger partial charge >= 0.3 is 0 Å². The Kier molecular flexibility index (Phi) is 9.96. The van der Waals surface area contributed by atoms with Crippen molar-refractivity contribution in [1.82, 2.24) is 0 Å². The van der Waals surface area contributed by atoms with Crippen LogP contribution in [-0.2, 0) is 52.1 Å². The predicted octanol–water partition coefficient (Wildman–Crippen LogP) is 5.06. The molecule has 12 nitrogen and oxygen atoms in total.